The fraction of sp³-hybridized carbons (Fsp3) is 0.667. The van der Waals surface area contributed by atoms with Crippen molar-refractivity contribution in [2.24, 2.45) is 0 Å². The highest BCUT2D eigenvalue weighted by molar-refractivity contribution is 5.73. The summed E-state index contributed by atoms with van der Waals surface area (Å²) in [6.07, 6.45) is 2.64. The van der Waals surface area contributed by atoms with Gasteiger partial charge in [0.1, 0.15) is 6.04 Å². The van der Waals surface area contributed by atoms with Crippen molar-refractivity contribution in [2.75, 3.05) is 6.54 Å². The molecular formula is C9H15NO2. The zero-order chi connectivity index (χ0) is 9.14. The molecule has 0 aromatic carbocycles. The Morgan fingerprint density at radius 3 is 2.83 bits per heavy atom. The fourth-order valence-corrected chi connectivity index (χ4v) is 1.66. The van der Waals surface area contributed by atoms with Crippen molar-refractivity contribution in [3.05, 3.63) is 12.3 Å². The molecular weight excluding hydrogens is 154 g/mol. The number of carbonyl (C=O) groups is 1. The maximum atomic E-state index is 10.8. The third-order valence-electron chi connectivity index (χ3n) is 2.32. The summed E-state index contributed by atoms with van der Waals surface area (Å²) in [7, 11) is 0. The van der Waals surface area contributed by atoms with E-state index in [9.17, 15) is 4.79 Å². The lowest BCUT2D eigenvalue weighted by atomic mass is 10.2. The Hall–Kier alpha value is -0.990. The monoisotopic (exact) mass is 169 g/mol. The van der Waals surface area contributed by atoms with E-state index in [4.69, 9.17) is 5.11 Å². The molecule has 1 heterocycles. The number of aliphatic carboxylic acids is 1. The molecule has 1 fully saturated rings. The smallest absolute Gasteiger partial charge is 0.326 e. The van der Waals surface area contributed by atoms with Crippen molar-refractivity contribution in [1.82, 2.24) is 4.90 Å². The van der Waals surface area contributed by atoms with E-state index in [-0.39, 0.29) is 6.04 Å². The number of allylic oxidation sites excluding steroid dienone is 1. The lowest BCUT2D eigenvalue weighted by Gasteiger charge is -2.25. The molecule has 0 aromatic heterocycles. The van der Waals surface area contributed by atoms with Crippen LogP contribution < -0.4 is 0 Å². The van der Waals surface area contributed by atoms with Crippen molar-refractivity contribution in [2.45, 2.75) is 32.2 Å². The molecule has 1 atom stereocenters. The number of hydrogen-bond donors (Lipinski definition) is 1. The van der Waals surface area contributed by atoms with Gasteiger partial charge in [-0.3, -0.25) is 0 Å². The van der Waals surface area contributed by atoms with Gasteiger partial charge in [-0.1, -0.05) is 13.5 Å². The van der Waals surface area contributed by atoms with Gasteiger partial charge in [-0.25, -0.2) is 4.79 Å². The second-order valence-electron chi connectivity index (χ2n) is 3.13. The first-order valence-electron chi connectivity index (χ1n) is 4.34. The second-order valence-corrected chi connectivity index (χ2v) is 3.13. The average molecular weight is 169 g/mol. The summed E-state index contributed by atoms with van der Waals surface area (Å²) in [5, 5.41) is 8.87. The van der Waals surface area contributed by atoms with Crippen LogP contribution in [0.25, 0.3) is 0 Å². The molecule has 0 spiro atoms. The van der Waals surface area contributed by atoms with Gasteiger partial charge >= 0.3 is 5.97 Å². The van der Waals surface area contributed by atoms with E-state index >= 15 is 0 Å². The van der Waals surface area contributed by atoms with Crippen molar-refractivity contribution in [1.29, 1.82) is 0 Å². The highest BCUT2D eigenvalue weighted by atomic mass is 16.4. The van der Waals surface area contributed by atoms with E-state index in [1.807, 2.05) is 11.8 Å². The Bertz CT molecular complexity index is 201. The Morgan fingerprint density at radius 2 is 2.50 bits per heavy atom. The maximum absolute atomic E-state index is 10.8. The normalized spacial score (nSPS) is 19.8. The molecule has 68 valence electrons. The summed E-state index contributed by atoms with van der Waals surface area (Å²) in [5.41, 5.74) is 0.976. The van der Waals surface area contributed by atoms with Gasteiger partial charge < -0.3 is 10.0 Å². The number of carboxylic acid groups (broad SMARTS) is 1. The quantitative estimate of drug-likeness (QED) is 0.695. The molecule has 1 aliphatic rings. The van der Waals surface area contributed by atoms with E-state index in [2.05, 4.69) is 6.58 Å². The van der Waals surface area contributed by atoms with Crippen LogP contribution in [0.5, 0.6) is 0 Å². The Balaban J connectivity index is 2.65. The molecule has 0 bridgehead atoms. The van der Waals surface area contributed by atoms with Crippen molar-refractivity contribution in [3.63, 3.8) is 0 Å². The fourth-order valence-electron chi connectivity index (χ4n) is 1.66. The van der Waals surface area contributed by atoms with Crippen molar-refractivity contribution < 1.29 is 9.90 Å². The predicted molar refractivity (Wildman–Crippen MR) is 46.8 cm³/mol. The molecule has 0 aromatic rings. The second kappa shape index (κ2) is 3.61. The van der Waals surface area contributed by atoms with Crippen LogP contribution in [0.3, 0.4) is 0 Å². The van der Waals surface area contributed by atoms with Gasteiger partial charge in [0.25, 0.3) is 0 Å². The highest BCUT2D eigenvalue weighted by Crippen LogP contribution is 2.23. The Kier molecular flexibility index (Phi) is 2.74. The minimum absolute atomic E-state index is 0.361. The Labute approximate surface area is 72.7 Å². The molecule has 0 radical (unpaired) electrons. The van der Waals surface area contributed by atoms with Crippen LogP contribution in [0.15, 0.2) is 12.3 Å². The van der Waals surface area contributed by atoms with Crippen LogP contribution in [0, 0.1) is 0 Å². The predicted octanol–water partition coefficient (Wildman–Crippen LogP) is 1.46. The summed E-state index contributed by atoms with van der Waals surface area (Å²) in [6.45, 7) is 6.59. The molecule has 0 aliphatic carbocycles. The number of likely N-dealkylation sites (tertiary alicyclic amines) is 1. The molecule has 0 unspecified atom stereocenters. The van der Waals surface area contributed by atoms with E-state index < -0.39 is 5.97 Å². The van der Waals surface area contributed by atoms with Gasteiger partial charge in [-0.05, 0) is 19.3 Å². The van der Waals surface area contributed by atoms with Crippen molar-refractivity contribution >= 4 is 5.97 Å². The zero-order valence-corrected chi connectivity index (χ0v) is 7.42. The first kappa shape index (κ1) is 9.10. The largest absolute Gasteiger partial charge is 0.480 e. The average Bonchev–Trinajstić information content (AvgIpc) is 2.38. The molecule has 3 heteroatoms. The van der Waals surface area contributed by atoms with Gasteiger partial charge in [0.05, 0.1) is 0 Å². The van der Waals surface area contributed by atoms with Gasteiger partial charge in [0.15, 0.2) is 0 Å². The summed E-state index contributed by atoms with van der Waals surface area (Å²) >= 11 is 0. The number of nitrogens with zero attached hydrogens (tertiary/aromatic N) is 1. The van der Waals surface area contributed by atoms with E-state index in [0.29, 0.717) is 6.42 Å². The summed E-state index contributed by atoms with van der Waals surface area (Å²) in [6, 6.07) is -0.361. The summed E-state index contributed by atoms with van der Waals surface area (Å²) in [5.74, 6) is -0.736. The zero-order valence-electron chi connectivity index (χ0n) is 7.42. The van der Waals surface area contributed by atoms with Crippen LogP contribution in [-0.4, -0.2) is 28.6 Å². The van der Waals surface area contributed by atoms with Crippen LogP contribution >= 0.6 is 0 Å². The van der Waals surface area contributed by atoms with Gasteiger partial charge in [0, 0.05) is 12.2 Å². The van der Waals surface area contributed by atoms with E-state index in [1.54, 1.807) is 0 Å². The van der Waals surface area contributed by atoms with Crippen LogP contribution in [0.2, 0.25) is 0 Å². The van der Waals surface area contributed by atoms with Crippen molar-refractivity contribution in [3.8, 4) is 0 Å². The maximum Gasteiger partial charge on any atom is 0.326 e. The number of rotatable bonds is 3. The third kappa shape index (κ3) is 1.60. The lowest BCUT2D eigenvalue weighted by Crippen LogP contribution is -2.37. The standard InChI is InChI=1S/C9H15NO2/c1-3-8(9(11)12)10-6-4-5-7(10)2/h8H,2-6H2,1H3,(H,11,12)/t8-/m0/s1. The summed E-state index contributed by atoms with van der Waals surface area (Å²) < 4.78 is 0. The van der Waals surface area contributed by atoms with E-state index in [0.717, 1.165) is 25.1 Å². The topological polar surface area (TPSA) is 40.5 Å². The van der Waals surface area contributed by atoms with Crippen LogP contribution in [0.4, 0.5) is 0 Å². The molecule has 1 aliphatic heterocycles. The van der Waals surface area contributed by atoms with Crippen LogP contribution in [-0.2, 0) is 4.79 Å². The van der Waals surface area contributed by atoms with Gasteiger partial charge in [-0.15, -0.1) is 0 Å². The minimum Gasteiger partial charge on any atom is -0.480 e. The molecule has 1 N–H and O–H groups in total. The van der Waals surface area contributed by atoms with Gasteiger partial charge in [0.2, 0.25) is 0 Å². The lowest BCUT2D eigenvalue weighted by molar-refractivity contribution is -0.142. The first-order valence-corrected chi connectivity index (χ1v) is 4.34. The van der Waals surface area contributed by atoms with E-state index in [1.165, 1.54) is 0 Å². The SMILES string of the molecule is C=C1CCCN1[C@@H](CC)C(=O)O. The highest BCUT2D eigenvalue weighted by Gasteiger charge is 2.27. The number of hydrogen-bond acceptors (Lipinski definition) is 2. The van der Waals surface area contributed by atoms with Crippen LogP contribution in [0.1, 0.15) is 26.2 Å². The third-order valence-corrected chi connectivity index (χ3v) is 2.32. The molecule has 1 saturated heterocycles. The molecule has 0 amide bonds. The number of carboxylic acids is 1. The summed E-state index contributed by atoms with van der Waals surface area (Å²) in [4.78, 5) is 12.7. The molecule has 1 rings (SSSR count). The molecule has 0 saturated carbocycles. The Morgan fingerprint density at radius 1 is 1.83 bits per heavy atom. The molecule has 3 nitrogen and oxygen atoms in total. The first-order chi connectivity index (χ1) is 5.66. The van der Waals surface area contributed by atoms with Gasteiger partial charge in [-0.2, -0.15) is 0 Å². The minimum atomic E-state index is -0.736. The molecule has 12 heavy (non-hydrogen) atoms.